The summed E-state index contributed by atoms with van der Waals surface area (Å²) in [6, 6.07) is 0. The quantitative estimate of drug-likeness (QED) is 0.372. The maximum atomic E-state index is 11.9. The highest BCUT2D eigenvalue weighted by molar-refractivity contribution is 5.91. The van der Waals surface area contributed by atoms with Crippen LogP contribution in [-0.4, -0.2) is 24.5 Å². The number of hydrogen-bond acceptors (Lipinski definition) is 4. The molecule has 0 saturated carbocycles. The number of amides is 1. The zero-order valence-electron chi connectivity index (χ0n) is 16.9. The summed E-state index contributed by atoms with van der Waals surface area (Å²) in [5.41, 5.74) is 0.366. The van der Waals surface area contributed by atoms with E-state index in [1.54, 1.807) is 0 Å². The summed E-state index contributed by atoms with van der Waals surface area (Å²) in [7, 11) is 1.82. The normalized spacial score (nSPS) is 11.0. The Balaban J connectivity index is 1.86. The molecule has 0 spiro atoms. The summed E-state index contributed by atoms with van der Waals surface area (Å²) in [5.74, 6) is 0.397. The smallest absolute Gasteiger partial charge is 0.273 e. The Morgan fingerprint density at radius 3 is 2.00 bits per heavy atom. The molecule has 0 radical (unpaired) electrons. The number of rotatable bonds is 17. The highest BCUT2D eigenvalue weighted by Crippen LogP contribution is 2.12. The molecule has 1 aromatic heterocycles. The largest absolute Gasteiger partial charge is 0.447 e. The van der Waals surface area contributed by atoms with Crippen LogP contribution in [0.25, 0.3) is 0 Å². The van der Waals surface area contributed by atoms with E-state index in [0.717, 1.165) is 6.42 Å². The first-order valence-electron chi connectivity index (χ1n) is 10.6. The second-order valence-corrected chi connectivity index (χ2v) is 7.16. The minimum atomic E-state index is -0.143. The molecule has 1 amide bonds. The molecule has 1 rings (SSSR count). The minimum absolute atomic E-state index is 0.143. The predicted molar refractivity (Wildman–Crippen MR) is 107 cm³/mol. The molecule has 1 aromatic rings. The van der Waals surface area contributed by atoms with E-state index < -0.39 is 0 Å². The van der Waals surface area contributed by atoms with Gasteiger partial charge < -0.3 is 15.1 Å². The molecule has 1 heterocycles. The van der Waals surface area contributed by atoms with E-state index in [9.17, 15) is 4.79 Å². The summed E-state index contributed by atoms with van der Waals surface area (Å²) in [4.78, 5) is 16.1. The fourth-order valence-corrected chi connectivity index (χ4v) is 3.08. The van der Waals surface area contributed by atoms with E-state index >= 15 is 0 Å². The van der Waals surface area contributed by atoms with Crippen LogP contribution in [0.5, 0.6) is 0 Å². The van der Waals surface area contributed by atoms with Crippen molar-refractivity contribution in [3.8, 4) is 0 Å². The molecular weight excluding hydrogens is 326 g/mol. The SMILES string of the molecule is CCCCCCCCCCCCCCCNC(=O)c1coc(CNC)n1. The molecule has 0 unspecified atom stereocenters. The number of unbranched alkanes of at least 4 members (excludes halogenated alkanes) is 12. The standard InChI is InChI=1S/C21H39N3O2/c1-3-4-5-6-7-8-9-10-11-12-13-14-15-16-23-21(25)19-18-26-20(24-19)17-22-2/h18,22H,3-17H2,1-2H3,(H,23,25). The molecule has 0 atom stereocenters. The Bertz CT molecular complexity index is 460. The van der Waals surface area contributed by atoms with Crippen LogP contribution in [0.3, 0.4) is 0 Å². The van der Waals surface area contributed by atoms with Crippen molar-refractivity contribution < 1.29 is 9.21 Å². The number of carbonyl (C=O) groups is 1. The number of aromatic nitrogens is 1. The molecule has 0 aliphatic heterocycles. The molecule has 5 heteroatoms. The van der Waals surface area contributed by atoms with E-state index in [2.05, 4.69) is 22.5 Å². The van der Waals surface area contributed by atoms with Crippen LogP contribution < -0.4 is 10.6 Å². The summed E-state index contributed by atoms with van der Waals surface area (Å²) in [5, 5.41) is 5.86. The Morgan fingerprint density at radius 2 is 1.46 bits per heavy atom. The molecule has 0 saturated heterocycles. The monoisotopic (exact) mass is 365 g/mol. The van der Waals surface area contributed by atoms with Crippen molar-refractivity contribution in [2.45, 2.75) is 96.9 Å². The average Bonchev–Trinajstić information content (AvgIpc) is 3.11. The average molecular weight is 366 g/mol. The zero-order chi connectivity index (χ0) is 18.9. The van der Waals surface area contributed by atoms with Crippen LogP contribution in [0, 0.1) is 0 Å². The molecular formula is C21H39N3O2. The van der Waals surface area contributed by atoms with Crippen molar-refractivity contribution in [3.05, 3.63) is 17.8 Å². The lowest BCUT2D eigenvalue weighted by molar-refractivity contribution is 0.0948. The number of carbonyl (C=O) groups excluding carboxylic acids is 1. The molecule has 0 aliphatic carbocycles. The first-order chi connectivity index (χ1) is 12.8. The van der Waals surface area contributed by atoms with Gasteiger partial charge in [0.15, 0.2) is 5.69 Å². The van der Waals surface area contributed by atoms with Crippen molar-refractivity contribution in [3.63, 3.8) is 0 Å². The van der Waals surface area contributed by atoms with Gasteiger partial charge in [0.2, 0.25) is 5.89 Å². The highest BCUT2D eigenvalue weighted by atomic mass is 16.3. The van der Waals surface area contributed by atoms with Gasteiger partial charge in [0.1, 0.15) is 6.26 Å². The van der Waals surface area contributed by atoms with Crippen molar-refractivity contribution in [1.29, 1.82) is 0 Å². The maximum absolute atomic E-state index is 11.9. The molecule has 0 fully saturated rings. The van der Waals surface area contributed by atoms with Gasteiger partial charge in [-0.25, -0.2) is 4.98 Å². The Kier molecular flexibility index (Phi) is 13.8. The van der Waals surface area contributed by atoms with Gasteiger partial charge >= 0.3 is 0 Å². The number of nitrogens with zero attached hydrogens (tertiary/aromatic N) is 1. The van der Waals surface area contributed by atoms with Crippen molar-refractivity contribution in [2.75, 3.05) is 13.6 Å². The summed E-state index contributed by atoms with van der Waals surface area (Å²) >= 11 is 0. The van der Waals surface area contributed by atoms with E-state index in [1.807, 2.05) is 7.05 Å². The molecule has 0 aromatic carbocycles. The lowest BCUT2D eigenvalue weighted by Crippen LogP contribution is -2.24. The van der Waals surface area contributed by atoms with E-state index in [-0.39, 0.29) is 5.91 Å². The fraction of sp³-hybridized carbons (Fsp3) is 0.810. The lowest BCUT2D eigenvalue weighted by atomic mass is 10.0. The third kappa shape index (κ3) is 11.3. The maximum Gasteiger partial charge on any atom is 0.273 e. The van der Waals surface area contributed by atoms with Gasteiger partial charge in [-0.1, -0.05) is 84.0 Å². The number of oxazole rings is 1. The van der Waals surface area contributed by atoms with Crippen molar-refractivity contribution >= 4 is 5.91 Å². The highest BCUT2D eigenvalue weighted by Gasteiger charge is 2.10. The predicted octanol–water partition coefficient (Wildman–Crippen LogP) is 5.22. The third-order valence-electron chi connectivity index (χ3n) is 4.68. The van der Waals surface area contributed by atoms with E-state index in [0.29, 0.717) is 24.7 Å². The van der Waals surface area contributed by atoms with Crippen LogP contribution in [-0.2, 0) is 6.54 Å². The molecule has 0 bridgehead atoms. The molecule has 2 N–H and O–H groups in total. The van der Waals surface area contributed by atoms with E-state index in [4.69, 9.17) is 4.42 Å². The van der Waals surface area contributed by atoms with Crippen molar-refractivity contribution in [2.24, 2.45) is 0 Å². The van der Waals surface area contributed by atoms with E-state index in [1.165, 1.54) is 83.3 Å². The van der Waals surface area contributed by atoms with Crippen LogP contribution in [0.15, 0.2) is 10.7 Å². The van der Waals surface area contributed by atoms with Gasteiger partial charge in [-0.15, -0.1) is 0 Å². The zero-order valence-corrected chi connectivity index (χ0v) is 16.9. The van der Waals surface area contributed by atoms with Gasteiger partial charge in [0.25, 0.3) is 5.91 Å². The first-order valence-corrected chi connectivity index (χ1v) is 10.6. The van der Waals surface area contributed by atoms with Crippen molar-refractivity contribution in [1.82, 2.24) is 15.6 Å². The van der Waals surface area contributed by atoms with Gasteiger partial charge in [-0.2, -0.15) is 0 Å². The molecule has 26 heavy (non-hydrogen) atoms. The van der Waals surface area contributed by atoms with Crippen LogP contribution >= 0.6 is 0 Å². The Hall–Kier alpha value is -1.36. The second kappa shape index (κ2) is 15.9. The fourth-order valence-electron chi connectivity index (χ4n) is 3.08. The second-order valence-electron chi connectivity index (χ2n) is 7.16. The molecule has 150 valence electrons. The third-order valence-corrected chi connectivity index (χ3v) is 4.68. The summed E-state index contributed by atoms with van der Waals surface area (Å²) in [6.45, 7) is 3.52. The van der Waals surface area contributed by atoms with Gasteiger partial charge in [0.05, 0.1) is 6.54 Å². The van der Waals surface area contributed by atoms with Gasteiger partial charge in [-0.05, 0) is 13.5 Å². The minimum Gasteiger partial charge on any atom is -0.447 e. The molecule has 5 nitrogen and oxygen atoms in total. The number of nitrogens with one attached hydrogen (secondary N) is 2. The van der Waals surface area contributed by atoms with Crippen LogP contribution in [0.1, 0.15) is 107 Å². The van der Waals surface area contributed by atoms with Crippen LogP contribution in [0.4, 0.5) is 0 Å². The molecule has 0 aliphatic rings. The Morgan fingerprint density at radius 1 is 0.923 bits per heavy atom. The first kappa shape index (κ1) is 22.7. The topological polar surface area (TPSA) is 67.2 Å². The Labute approximate surface area is 159 Å². The summed E-state index contributed by atoms with van der Waals surface area (Å²) < 4.78 is 5.22. The van der Waals surface area contributed by atoms with Crippen LogP contribution in [0.2, 0.25) is 0 Å². The number of hydrogen-bond donors (Lipinski definition) is 2. The summed E-state index contributed by atoms with van der Waals surface area (Å²) in [6.07, 6.45) is 18.8. The van der Waals surface area contributed by atoms with Gasteiger partial charge in [-0.3, -0.25) is 4.79 Å². The van der Waals surface area contributed by atoms with Gasteiger partial charge in [0, 0.05) is 6.54 Å². The lowest BCUT2D eigenvalue weighted by Gasteiger charge is -2.04.